The maximum absolute atomic E-state index is 12.8. The van der Waals surface area contributed by atoms with Gasteiger partial charge in [0.2, 0.25) is 11.8 Å². The molecule has 1 aliphatic rings. The zero-order valence-corrected chi connectivity index (χ0v) is 16.5. The number of nitrogens with zero attached hydrogens (tertiary/aromatic N) is 1. The number of amides is 2. The van der Waals surface area contributed by atoms with E-state index in [-0.39, 0.29) is 30.2 Å². The van der Waals surface area contributed by atoms with Gasteiger partial charge < -0.3 is 19.7 Å². The van der Waals surface area contributed by atoms with Crippen LogP contribution in [0.5, 0.6) is 11.5 Å². The molecule has 1 fully saturated rings. The normalized spacial score (nSPS) is 17.3. The van der Waals surface area contributed by atoms with Crippen LogP contribution in [0, 0.1) is 5.92 Å². The molecule has 1 saturated heterocycles. The summed E-state index contributed by atoms with van der Waals surface area (Å²) in [5.74, 6) is 0.913. The lowest BCUT2D eigenvalue weighted by molar-refractivity contribution is -0.129. The second-order valence-corrected chi connectivity index (χ2v) is 7.00. The Labute approximate surface area is 165 Å². The fourth-order valence-electron chi connectivity index (χ4n) is 3.49. The summed E-state index contributed by atoms with van der Waals surface area (Å²) in [6.07, 6.45) is 0.237. The number of rotatable bonds is 7. The largest absolute Gasteiger partial charge is 0.497 e. The van der Waals surface area contributed by atoms with Crippen LogP contribution < -0.4 is 14.8 Å². The van der Waals surface area contributed by atoms with Crippen LogP contribution in [-0.4, -0.2) is 37.5 Å². The summed E-state index contributed by atoms with van der Waals surface area (Å²) in [5, 5.41) is 3.02. The first kappa shape index (κ1) is 19.7. The highest BCUT2D eigenvalue weighted by atomic mass is 16.5. The number of ether oxygens (including phenoxy) is 2. The topological polar surface area (TPSA) is 67.9 Å². The molecular weight excluding hydrogens is 356 g/mol. The average molecular weight is 382 g/mol. The predicted molar refractivity (Wildman–Crippen MR) is 106 cm³/mol. The average Bonchev–Trinajstić information content (AvgIpc) is 3.08. The third-order valence-corrected chi connectivity index (χ3v) is 5.06. The van der Waals surface area contributed by atoms with E-state index >= 15 is 0 Å². The molecule has 0 bridgehead atoms. The van der Waals surface area contributed by atoms with Crippen LogP contribution in [-0.2, 0) is 16.1 Å². The fraction of sp³-hybridized carbons (Fsp3) is 0.364. The lowest BCUT2D eigenvalue weighted by Crippen LogP contribution is -2.34. The quantitative estimate of drug-likeness (QED) is 0.800. The molecule has 6 heteroatoms. The molecule has 2 atom stereocenters. The first-order valence-electron chi connectivity index (χ1n) is 9.35. The Bertz CT molecular complexity index is 838. The number of benzene rings is 2. The molecule has 148 valence electrons. The van der Waals surface area contributed by atoms with E-state index in [0.29, 0.717) is 24.6 Å². The summed E-state index contributed by atoms with van der Waals surface area (Å²) in [7, 11) is 3.19. The third kappa shape index (κ3) is 4.44. The van der Waals surface area contributed by atoms with E-state index in [1.807, 2.05) is 55.5 Å². The number of carbonyl (C=O) groups excluding carboxylic acids is 2. The lowest BCUT2D eigenvalue weighted by Gasteiger charge is -2.20. The summed E-state index contributed by atoms with van der Waals surface area (Å²) < 4.78 is 10.7. The molecule has 1 heterocycles. The standard InChI is InChI=1S/C22H26N2O4/c1-15(19-12-18(27-2)9-10-20(19)28-3)23-22(26)17-11-21(25)24(14-17)13-16-7-5-4-6-8-16/h4-10,12,15,17H,11,13-14H2,1-3H3,(H,23,26). The van der Waals surface area contributed by atoms with E-state index in [4.69, 9.17) is 9.47 Å². The van der Waals surface area contributed by atoms with Crippen molar-refractivity contribution in [2.45, 2.75) is 25.9 Å². The maximum atomic E-state index is 12.8. The first-order chi connectivity index (χ1) is 13.5. The molecule has 2 aromatic carbocycles. The Morgan fingerprint density at radius 1 is 1.18 bits per heavy atom. The van der Waals surface area contributed by atoms with Gasteiger partial charge in [-0.15, -0.1) is 0 Å². The zero-order chi connectivity index (χ0) is 20.1. The van der Waals surface area contributed by atoms with Crippen molar-refractivity contribution >= 4 is 11.8 Å². The van der Waals surface area contributed by atoms with Gasteiger partial charge in [0.25, 0.3) is 0 Å². The predicted octanol–water partition coefficient (Wildman–Crippen LogP) is 2.93. The number of likely N-dealkylation sites (tertiary alicyclic amines) is 1. The van der Waals surface area contributed by atoms with Crippen molar-refractivity contribution in [2.24, 2.45) is 5.92 Å². The van der Waals surface area contributed by atoms with Gasteiger partial charge in [-0.2, -0.15) is 0 Å². The van der Waals surface area contributed by atoms with Gasteiger partial charge in [0, 0.05) is 25.1 Å². The number of carbonyl (C=O) groups is 2. The van der Waals surface area contributed by atoms with Gasteiger partial charge in [-0.1, -0.05) is 30.3 Å². The minimum atomic E-state index is -0.352. The van der Waals surface area contributed by atoms with Crippen LogP contribution in [0.25, 0.3) is 0 Å². The number of hydrogen-bond acceptors (Lipinski definition) is 4. The molecule has 1 N–H and O–H groups in total. The highest BCUT2D eigenvalue weighted by Crippen LogP contribution is 2.30. The molecule has 0 saturated carbocycles. The van der Waals surface area contributed by atoms with Crippen molar-refractivity contribution in [1.29, 1.82) is 0 Å². The lowest BCUT2D eigenvalue weighted by atomic mass is 10.0. The van der Waals surface area contributed by atoms with Crippen LogP contribution >= 0.6 is 0 Å². The summed E-state index contributed by atoms with van der Waals surface area (Å²) in [4.78, 5) is 26.9. The molecule has 0 aromatic heterocycles. The van der Waals surface area contributed by atoms with Crippen LogP contribution in [0.4, 0.5) is 0 Å². The molecule has 6 nitrogen and oxygen atoms in total. The Kier molecular flexibility index (Phi) is 6.19. The highest BCUT2D eigenvalue weighted by molar-refractivity contribution is 5.89. The summed E-state index contributed by atoms with van der Waals surface area (Å²) >= 11 is 0. The SMILES string of the molecule is COc1ccc(OC)c(C(C)NC(=O)C2CC(=O)N(Cc3ccccc3)C2)c1. The Balaban J connectivity index is 1.64. The number of methoxy groups -OCH3 is 2. The van der Waals surface area contributed by atoms with Crippen molar-refractivity contribution < 1.29 is 19.1 Å². The molecular formula is C22H26N2O4. The van der Waals surface area contributed by atoms with Gasteiger partial charge in [0.1, 0.15) is 11.5 Å². The van der Waals surface area contributed by atoms with Gasteiger partial charge >= 0.3 is 0 Å². The number of nitrogens with one attached hydrogen (secondary N) is 1. The fourth-order valence-corrected chi connectivity index (χ4v) is 3.49. The van der Waals surface area contributed by atoms with Gasteiger partial charge in [-0.05, 0) is 30.7 Å². The molecule has 2 unspecified atom stereocenters. The van der Waals surface area contributed by atoms with Crippen LogP contribution in [0.1, 0.15) is 30.5 Å². The molecule has 0 aliphatic carbocycles. The van der Waals surface area contributed by atoms with Crippen LogP contribution in [0.3, 0.4) is 0 Å². The summed E-state index contributed by atoms with van der Waals surface area (Å²) in [6.45, 7) is 2.86. The summed E-state index contributed by atoms with van der Waals surface area (Å²) in [5.41, 5.74) is 1.90. The van der Waals surface area contributed by atoms with Gasteiger partial charge in [0.05, 0.1) is 26.2 Å². The molecule has 2 aromatic rings. The zero-order valence-electron chi connectivity index (χ0n) is 16.5. The monoisotopic (exact) mass is 382 g/mol. The maximum Gasteiger partial charge on any atom is 0.225 e. The Hall–Kier alpha value is -3.02. The van der Waals surface area contributed by atoms with E-state index in [1.54, 1.807) is 19.1 Å². The molecule has 3 rings (SSSR count). The highest BCUT2D eigenvalue weighted by Gasteiger charge is 2.34. The van der Waals surface area contributed by atoms with E-state index < -0.39 is 0 Å². The van der Waals surface area contributed by atoms with Crippen molar-refractivity contribution in [3.8, 4) is 11.5 Å². The van der Waals surface area contributed by atoms with Crippen molar-refractivity contribution in [3.05, 3.63) is 59.7 Å². The van der Waals surface area contributed by atoms with Crippen LogP contribution in [0.15, 0.2) is 48.5 Å². The van der Waals surface area contributed by atoms with E-state index in [1.165, 1.54) is 0 Å². The number of hydrogen-bond donors (Lipinski definition) is 1. The van der Waals surface area contributed by atoms with Crippen molar-refractivity contribution in [3.63, 3.8) is 0 Å². The van der Waals surface area contributed by atoms with Gasteiger partial charge in [-0.3, -0.25) is 9.59 Å². The molecule has 0 spiro atoms. The van der Waals surface area contributed by atoms with Crippen LogP contribution in [0.2, 0.25) is 0 Å². The molecule has 0 radical (unpaired) electrons. The Morgan fingerprint density at radius 2 is 1.93 bits per heavy atom. The molecule has 28 heavy (non-hydrogen) atoms. The minimum Gasteiger partial charge on any atom is -0.497 e. The summed E-state index contributed by atoms with van der Waals surface area (Å²) in [6, 6.07) is 15.0. The van der Waals surface area contributed by atoms with Gasteiger partial charge in [-0.25, -0.2) is 0 Å². The van der Waals surface area contributed by atoms with E-state index in [2.05, 4.69) is 5.32 Å². The smallest absolute Gasteiger partial charge is 0.225 e. The van der Waals surface area contributed by atoms with Crippen molar-refractivity contribution in [1.82, 2.24) is 10.2 Å². The first-order valence-corrected chi connectivity index (χ1v) is 9.35. The van der Waals surface area contributed by atoms with E-state index in [0.717, 1.165) is 11.1 Å². The molecule has 1 aliphatic heterocycles. The second kappa shape index (κ2) is 8.78. The second-order valence-electron chi connectivity index (χ2n) is 7.00. The Morgan fingerprint density at radius 3 is 2.61 bits per heavy atom. The molecule has 2 amide bonds. The van der Waals surface area contributed by atoms with Gasteiger partial charge in [0.15, 0.2) is 0 Å². The third-order valence-electron chi connectivity index (χ3n) is 5.06. The van der Waals surface area contributed by atoms with Crippen molar-refractivity contribution in [2.75, 3.05) is 20.8 Å². The van der Waals surface area contributed by atoms with E-state index in [9.17, 15) is 9.59 Å². The minimum absolute atomic E-state index is 0.00983.